The third kappa shape index (κ3) is 2.80. The summed E-state index contributed by atoms with van der Waals surface area (Å²) in [5, 5.41) is 0. The SMILES string of the molecule is O=C1c2ccccc2S(=O)(=O)N1CCc1nccn1Cc1ccccc1. The summed E-state index contributed by atoms with van der Waals surface area (Å²) in [4.78, 5) is 16.9. The topological polar surface area (TPSA) is 72.3 Å². The fourth-order valence-corrected chi connectivity index (χ4v) is 4.72. The normalized spacial score (nSPS) is 15.2. The lowest BCUT2D eigenvalue weighted by Gasteiger charge is -2.15. The first kappa shape index (κ1) is 16.5. The Morgan fingerprint density at radius 2 is 1.69 bits per heavy atom. The molecule has 0 bridgehead atoms. The molecule has 4 rings (SSSR count). The molecule has 1 amide bonds. The molecule has 0 atom stereocenters. The highest BCUT2D eigenvalue weighted by Crippen LogP contribution is 2.29. The van der Waals surface area contributed by atoms with Gasteiger partial charge in [0.05, 0.1) is 5.56 Å². The van der Waals surface area contributed by atoms with Crippen molar-refractivity contribution in [1.29, 1.82) is 0 Å². The van der Waals surface area contributed by atoms with E-state index >= 15 is 0 Å². The van der Waals surface area contributed by atoms with Crippen LogP contribution in [0.15, 0.2) is 71.9 Å². The van der Waals surface area contributed by atoms with Gasteiger partial charge >= 0.3 is 0 Å². The maximum absolute atomic E-state index is 12.6. The number of hydrogen-bond acceptors (Lipinski definition) is 4. The molecule has 0 saturated carbocycles. The molecule has 0 N–H and O–H groups in total. The molecular formula is C19H17N3O3S. The number of hydrogen-bond donors (Lipinski definition) is 0. The van der Waals surface area contributed by atoms with Gasteiger partial charge in [-0.05, 0) is 17.7 Å². The molecule has 6 nitrogen and oxygen atoms in total. The average Bonchev–Trinajstić information content (AvgIpc) is 3.16. The summed E-state index contributed by atoms with van der Waals surface area (Å²) >= 11 is 0. The van der Waals surface area contributed by atoms with Crippen LogP contribution in [0, 0.1) is 0 Å². The summed E-state index contributed by atoms with van der Waals surface area (Å²) in [7, 11) is -3.77. The first-order chi connectivity index (χ1) is 12.6. The van der Waals surface area contributed by atoms with Crippen molar-refractivity contribution in [3.8, 4) is 0 Å². The fraction of sp³-hybridized carbons (Fsp3) is 0.158. The highest BCUT2D eigenvalue weighted by Gasteiger charge is 2.40. The van der Waals surface area contributed by atoms with E-state index in [-0.39, 0.29) is 17.0 Å². The third-order valence-corrected chi connectivity index (χ3v) is 6.29. The second-order valence-corrected chi connectivity index (χ2v) is 7.92. The summed E-state index contributed by atoms with van der Waals surface area (Å²) in [5.41, 5.74) is 1.36. The number of nitrogens with zero attached hydrogens (tertiary/aromatic N) is 3. The predicted molar refractivity (Wildman–Crippen MR) is 96.1 cm³/mol. The Hall–Kier alpha value is -2.93. The van der Waals surface area contributed by atoms with Crippen LogP contribution in [0.4, 0.5) is 0 Å². The van der Waals surface area contributed by atoms with Crippen LogP contribution >= 0.6 is 0 Å². The second-order valence-electron chi connectivity index (χ2n) is 6.09. The van der Waals surface area contributed by atoms with Gasteiger partial charge in [0.25, 0.3) is 15.9 Å². The fourth-order valence-electron chi connectivity index (χ4n) is 3.15. The van der Waals surface area contributed by atoms with E-state index in [0.717, 1.165) is 15.7 Å². The zero-order chi connectivity index (χ0) is 18.1. The van der Waals surface area contributed by atoms with E-state index in [9.17, 15) is 13.2 Å². The highest BCUT2D eigenvalue weighted by atomic mass is 32.2. The molecule has 0 fully saturated rings. The number of imidazole rings is 1. The Kier molecular flexibility index (Phi) is 4.08. The van der Waals surface area contributed by atoms with Crippen molar-refractivity contribution in [3.63, 3.8) is 0 Å². The molecule has 2 heterocycles. The smallest absolute Gasteiger partial charge is 0.269 e. The third-order valence-electron chi connectivity index (χ3n) is 4.45. The van der Waals surface area contributed by atoms with E-state index in [2.05, 4.69) is 4.98 Å². The van der Waals surface area contributed by atoms with Gasteiger partial charge in [-0.15, -0.1) is 0 Å². The Labute approximate surface area is 151 Å². The van der Waals surface area contributed by atoms with E-state index in [4.69, 9.17) is 0 Å². The van der Waals surface area contributed by atoms with Crippen molar-refractivity contribution < 1.29 is 13.2 Å². The number of fused-ring (bicyclic) bond motifs is 1. The number of rotatable bonds is 5. The van der Waals surface area contributed by atoms with Crippen molar-refractivity contribution in [1.82, 2.24) is 13.9 Å². The molecule has 0 radical (unpaired) electrons. The van der Waals surface area contributed by atoms with E-state index in [1.807, 2.05) is 41.1 Å². The predicted octanol–water partition coefficient (Wildman–Crippen LogP) is 2.32. The van der Waals surface area contributed by atoms with E-state index in [0.29, 0.717) is 13.0 Å². The molecule has 2 aromatic carbocycles. The molecule has 0 unspecified atom stereocenters. The molecule has 0 spiro atoms. The van der Waals surface area contributed by atoms with Crippen molar-refractivity contribution in [2.45, 2.75) is 17.9 Å². The Morgan fingerprint density at radius 1 is 0.962 bits per heavy atom. The van der Waals surface area contributed by atoms with Gasteiger partial charge in [0, 0.05) is 31.9 Å². The average molecular weight is 367 g/mol. The first-order valence-electron chi connectivity index (χ1n) is 8.27. The lowest BCUT2D eigenvalue weighted by Crippen LogP contribution is -2.32. The summed E-state index contributed by atoms with van der Waals surface area (Å²) in [5.74, 6) is 0.273. The molecule has 0 saturated heterocycles. The zero-order valence-electron chi connectivity index (χ0n) is 13.9. The molecule has 0 aliphatic carbocycles. The summed E-state index contributed by atoms with van der Waals surface area (Å²) in [6.45, 7) is 0.721. The Bertz CT molecular complexity index is 1060. The minimum Gasteiger partial charge on any atom is -0.330 e. The number of aromatic nitrogens is 2. The Morgan fingerprint density at radius 3 is 2.46 bits per heavy atom. The van der Waals surface area contributed by atoms with Crippen LogP contribution in [0.5, 0.6) is 0 Å². The molecule has 1 aliphatic heterocycles. The van der Waals surface area contributed by atoms with E-state index in [1.54, 1.807) is 24.4 Å². The van der Waals surface area contributed by atoms with Crippen LogP contribution in [-0.2, 0) is 23.0 Å². The minimum atomic E-state index is -3.77. The van der Waals surface area contributed by atoms with E-state index < -0.39 is 15.9 Å². The maximum atomic E-state index is 12.6. The minimum absolute atomic E-state index is 0.0711. The van der Waals surface area contributed by atoms with Crippen molar-refractivity contribution in [3.05, 3.63) is 83.9 Å². The molecule has 3 aromatic rings. The molecule has 7 heteroatoms. The van der Waals surface area contributed by atoms with Gasteiger partial charge in [-0.25, -0.2) is 17.7 Å². The standard InChI is InChI=1S/C19H17N3O3S/c23-19-16-8-4-5-9-17(16)26(24,25)22(19)12-10-18-20-11-13-21(18)14-15-6-2-1-3-7-15/h1-9,11,13H,10,12,14H2. The van der Waals surface area contributed by atoms with Gasteiger partial charge in [0.2, 0.25) is 0 Å². The number of amides is 1. The summed E-state index contributed by atoms with van der Waals surface area (Å²) in [6.07, 6.45) is 3.91. The van der Waals surface area contributed by atoms with Crippen molar-refractivity contribution >= 4 is 15.9 Å². The zero-order valence-corrected chi connectivity index (χ0v) is 14.8. The van der Waals surface area contributed by atoms with Gasteiger partial charge in [0.15, 0.2) is 0 Å². The van der Waals surface area contributed by atoms with Gasteiger partial charge in [-0.3, -0.25) is 4.79 Å². The number of sulfonamides is 1. The van der Waals surface area contributed by atoms with Crippen LogP contribution in [0.3, 0.4) is 0 Å². The maximum Gasteiger partial charge on any atom is 0.269 e. The van der Waals surface area contributed by atoms with Gasteiger partial charge in [-0.1, -0.05) is 42.5 Å². The van der Waals surface area contributed by atoms with Crippen LogP contribution in [0.25, 0.3) is 0 Å². The van der Waals surface area contributed by atoms with Crippen LogP contribution in [0.2, 0.25) is 0 Å². The van der Waals surface area contributed by atoms with Gasteiger partial charge in [-0.2, -0.15) is 0 Å². The highest BCUT2D eigenvalue weighted by molar-refractivity contribution is 7.90. The lowest BCUT2D eigenvalue weighted by atomic mass is 10.2. The van der Waals surface area contributed by atoms with Crippen molar-refractivity contribution in [2.24, 2.45) is 0 Å². The molecule has 1 aromatic heterocycles. The number of benzene rings is 2. The lowest BCUT2D eigenvalue weighted by molar-refractivity contribution is 0.0871. The van der Waals surface area contributed by atoms with Crippen LogP contribution in [-0.4, -0.2) is 34.7 Å². The number of carbonyl (C=O) groups excluding carboxylic acids is 1. The van der Waals surface area contributed by atoms with Crippen LogP contribution in [0.1, 0.15) is 21.7 Å². The van der Waals surface area contributed by atoms with Gasteiger partial charge in [0.1, 0.15) is 10.7 Å². The molecule has 26 heavy (non-hydrogen) atoms. The largest absolute Gasteiger partial charge is 0.330 e. The first-order valence-corrected chi connectivity index (χ1v) is 9.71. The number of carbonyl (C=O) groups is 1. The van der Waals surface area contributed by atoms with Crippen LogP contribution < -0.4 is 0 Å². The monoisotopic (exact) mass is 367 g/mol. The summed E-state index contributed by atoms with van der Waals surface area (Å²) < 4.78 is 28.1. The quantitative estimate of drug-likeness (QED) is 0.694. The molecule has 132 valence electrons. The Balaban J connectivity index is 1.53. The van der Waals surface area contributed by atoms with Crippen molar-refractivity contribution in [2.75, 3.05) is 6.54 Å². The summed E-state index contributed by atoms with van der Waals surface area (Å²) in [6, 6.07) is 16.3. The molecule has 1 aliphatic rings. The molecular weight excluding hydrogens is 350 g/mol. The second kappa shape index (κ2) is 6.42. The van der Waals surface area contributed by atoms with E-state index in [1.165, 1.54) is 6.07 Å². The van der Waals surface area contributed by atoms with Gasteiger partial charge < -0.3 is 4.57 Å².